The van der Waals surface area contributed by atoms with Crippen molar-refractivity contribution in [3.8, 4) is 0 Å². The van der Waals surface area contributed by atoms with Gasteiger partial charge in [-0.1, -0.05) is 117 Å². The summed E-state index contributed by atoms with van der Waals surface area (Å²) in [5.41, 5.74) is 0. The molecule has 0 heterocycles. The topological polar surface area (TPSA) is 60.8 Å². The number of Topliss-reactive ketones (excluding diaryl/α,β-unsaturated/α-hetero) is 1. The highest BCUT2D eigenvalue weighted by Gasteiger charge is 2.25. The summed E-state index contributed by atoms with van der Waals surface area (Å²) in [5.74, 6) is 0.480. The molecule has 0 aromatic heterocycles. The van der Waals surface area contributed by atoms with Crippen LogP contribution >= 0.6 is 12.6 Å². The van der Waals surface area contributed by atoms with Crippen molar-refractivity contribution in [3.05, 3.63) is 0 Å². The summed E-state index contributed by atoms with van der Waals surface area (Å²) in [7, 11) is 0. The Hall–Kier alpha value is -0.100. The van der Waals surface area contributed by atoms with Crippen LogP contribution in [0.15, 0.2) is 0 Å². The first-order chi connectivity index (χ1) is 16.0. The zero-order chi connectivity index (χ0) is 24.7. The number of hydrogen-bond acceptors (Lipinski definition) is 5. The van der Waals surface area contributed by atoms with E-state index in [1.165, 1.54) is 77.0 Å². The summed E-state index contributed by atoms with van der Waals surface area (Å²) in [6.07, 6.45) is 20.6. The first-order valence-corrected chi connectivity index (χ1v) is 14.8. The van der Waals surface area contributed by atoms with Gasteiger partial charge in [-0.15, -0.1) is 0 Å². The molecule has 0 rings (SSSR count). The Labute approximate surface area is 211 Å². The Morgan fingerprint density at radius 3 is 1.30 bits per heavy atom. The highest BCUT2D eigenvalue weighted by atomic mass is 32.1. The van der Waals surface area contributed by atoms with Crippen molar-refractivity contribution in [2.24, 2.45) is 0 Å². The van der Waals surface area contributed by atoms with Crippen molar-refractivity contribution < 1.29 is 15.0 Å². The van der Waals surface area contributed by atoms with Crippen LogP contribution in [0.1, 0.15) is 136 Å². The van der Waals surface area contributed by atoms with Crippen molar-refractivity contribution in [2.45, 2.75) is 155 Å². The van der Waals surface area contributed by atoms with Gasteiger partial charge < -0.3 is 10.2 Å². The minimum absolute atomic E-state index is 0.0589. The van der Waals surface area contributed by atoms with Crippen LogP contribution < -0.4 is 0 Å². The van der Waals surface area contributed by atoms with Crippen molar-refractivity contribution in [1.29, 1.82) is 0 Å². The second kappa shape index (κ2) is 23.6. The largest absolute Gasteiger partial charge is 0.392 e. The van der Waals surface area contributed by atoms with Crippen LogP contribution in [0.3, 0.4) is 0 Å². The molecule has 198 valence electrons. The lowest BCUT2D eigenvalue weighted by Gasteiger charge is -2.32. The van der Waals surface area contributed by atoms with Crippen LogP contribution in [-0.2, 0) is 4.79 Å². The van der Waals surface area contributed by atoms with Gasteiger partial charge in [0.25, 0.3) is 0 Å². The Morgan fingerprint density at radius 1 is 0.667 bits per heavy atom. The quantitative estimate of drug-likeness (QED) is 0.0962. The Balaban J connectivity index is 4.25. The zero-order valence-electron chi connectivity index (χ0n) is 22.3. The molecule has 33 heavy (non-hydrogen) atoms. The number of aliphatic hydroxyl groups is 2. The summed E-state index contributed by atoms with van der Waals surface area (Å²) < 4.78 is 0. The molecule has 3 unspecified atom stereocenters. The maximum Gasteiger partial charge on any atom is 0.147 e. The number of nitrogens with zero attached hydrogens (tertiary/aromatic N) is 1. The lowest BCUT2D eigenvalue weighted by Crippen LogP contribution is -2.48. The summed E-state index contributed by atoms with van der Waals surface area (Å²) in [5, 5.41) is 21.2. The number of carbonyl (C=O) groups excluding carboxylic acids is 1. The van der Waals surface area contributed by atoms with E-state index in [1.54, 1.807) is 6.92 Å². The number of thiol groups is 1. The van der Waals surface area contributed by atoms with E-state index in [4.69, 9.17) is 0 Å². The smallest absolute Gasteiger partial charge is 0.147 e. The van der Waals surface area contributed by atoms with Crippen LogP contribution in [-0.4, -0.2) is 58.0 Å². The number of rotatable bonds is 25. The average molecular weight is 488 g/mol. The van der Waals surface area contributed by atoms with Gasteiger partial charge in [0.05, 0.1) is 18.2 Å². The molecule has 2 N–H and O–H groups in total. The van der Waals surface area contributed by atoms with Gasteiger partial charge in [-0.25, -0.2) is 0 Å². The number of carbonyl (C=O) groups is 1. The Kier molecular flexibility index (Phi) is 23.6. The van der Waals surface area contributed by atoms with Crippen molar-refractivity contribution in [1.82, 2.24) is 4.90 Å². The van der Waals surface area contributed by atoms with Crippen LogP contribution in [0.4, 0.5) is 0 Å². The summed E-state index contributed by atoms with van der Waals surface area (Å²) in [6.45, 7) is 6.95. The van der Waals surface area contributed by atoms with E-state index in [9.17, 15) is 15.0 Å². The molecule has 0 saturated carbocycles. The van der Waals surface area contributed by atoms with Crippen LogP contribution in [0.2, 0.25) is 0 Å². The molecule has 0 amide bonds. The molecule has 0 aliphatic carbocycles. The predicted molar refractivity (Wildman–Crippen MR) is 146 cm³/mol. The minimum atomic E-state index is -0.456. The second-order valence-electron chi connectivity index (χ2n) is 10.1. The molecule has 5 heteroatoms. The van der Waals surface area contributed by atoms with Gasteiger partial charge in [0, 0.05) is 18.8 Å². The molecule has 0 spiro atoms. The predicted octanol–water partition coefficient (Wildman–Crippen LogP) is 6.96. The van der Waals surface area contributed by atoms with E-state index in [-0.39, 0.29) is 11.8 Å². The summed E-state index contributed by atoms with van der Waals surface area (Å²) in [6, 6.07) is -0.338. The third kappa shape index (κ3) is 19.9. The SMILES string of the molecule is CCCCCCCCCCC(O)CN(CC(O)CCCCCCCCCC)C(CS)C(C)=O. The second-order valence-corrected chi connectivity index (χ2v) is 10.5. The maximum atomic E-state index is 12.1. The van der Waals surface area contributed by atoms with Gasteiger partial charge in [0.15, 0.2) is 0 Å². The monoisotopic (exact) mass is 487 g/mol. The summed E-state index contributed by atoms with van der Waals surface area (Å²) in [4.78, 5) is 14.1. The van der Waals surface area contributed by atoms with E-state index < -0.39 is 12.2 Å². The molecule has 4 nitrogen and oxygen atoms in total. The molecular formula is C28H57NO3S. The van der Waals surface area contributed by atoms with E-state index in [2.05, 4.69) is 26.5 Å². The van der Waals surface area contributed by atoms with Gasteiger partial charge in [0.2, 0.25) is 0 Å². The van der Waals surface area contributed by atoms with Gasteiger partial charge in [-0.3, -0.25) is 9.69 Å². The third-order valence-corrected chi connectivity index (χ3v) is 7.10. The maximum absolute atomic E-state index is 12.1. The van der Waals surface area contributed by atoms with E-state index in [0.29, 0.717) is 18.8 Å². The molecule has 0 saturated heterocycles. The normalized spacial score (nSPS) is 14.5. The molecule has 0 aliphatic heterocycles. The highest BCUT2D eigenvalue weighted by Crippen LogP contribution is 2.15. The third-order valence-electron chi connectivity index (χ3n) is 6.76. The average Bonchev–Trinajstić information content (AvgIpc) is 2.77. The minimum Gasteiger partial charge on any atom is -0.392 e. The molecule has 0 aromatic carbocycles. The zero-order valence-corrected chi connectivity index (χ0v) is 23.2. The highest BCUT2D eigenvalue weighted by molar-refractivity contribution is 7.80. The first kappa shape index (κ1) is 32.9. The molecule has 0 aromatic rings. The standard InChI is InChI=1S/C28H57NO3S/c1-4-6-8-10-12-14-16-18-20-26(31)22-29(28(24-33)25(3)30)23-27(32)21-19-17-15-13-11-9-7-5-2/h26-28,31-33H,4-24H2,1-3H3. The van der Waals surface area contributed by atoms with Crippen LogP contribution in [0, 0.1) is 0 Å². The molecule has 0 fully saturated rings. The van der Waals surface area contributed by atoms with Gasteiger partial charge in [0.1, 0.15) is 5.78 Å². The number of aliphatic hydroxyl groups excluding tert-OH is 2. The molecule has 0 aliphatic rings. The number of ketones is 1. The lowest BCUT2D eigenvalue weighted by molar-refractivity contribution is -0.122. The Bertz CT molecular complexity index is 407. The number of unbranched alkanes of at least 4 members (excludes halogenated alkanes) is 14. The van der Waals surface area contributed by atoms with Crippen molar-refractivity contribution in [2.75, 3.05) is 18.8 Å². The van der Waals surface area contributed by atoms with E-state index >= 15 is 0 Å². The Morgan fingerprint density at radius 2 is 1.00 bits per heavy atom. The van der Waals surface area contributed by atoms with E-state index in [0.717, 1.165) is 38.5 Å². The molecule has 0 radical (unpaired) electrons. The fourth-order valence-corrected chi connectivity index (χ4v) is 5.07. The van der Waals surface area contributed by atoms with Gasteiger partial charge in [-0.2, -0.15) is 12.6 Å². The molecular weight excluding hydrogens is 430 g/mol. The fraction of sp³-hybridized carbons (Fsp3) is 0.964. The first-order valence-electron chi connectivity index (χ1n) is 14.2. The molecule has 0 bridgehead atoms. The van der Waals surface area contributed by atoms with Crippen LogP contribution in [0.25, 0.3) is 0 Å². The summed E-state index contributed by atoms with van der Waals surface area (Å²) >= 11 is 4.38. The number of hydrogen-bond donors (Lipinski definition) is 3. The van der Waals surface area contributed by atoms with Gasteiger partial charge >= 0.3 is 0 Å². The molecule has 3 atom stereocenters. The van der Waals surface area contributed by atoms with Crippen molar-refractivity contribution >= 4 is 18.4 Å². The lowest BCUT2D eigenvalue weighted by atomic mass is 10.0. The van der Waals surface area contributed by atoms with E-state index in [1.807, 2.05) is 4.90 Å². The van der Waals surface area contributed by atoms with Crippen LogP contribution in [0.5, 0.6) is 0 Å². The fourth-order valence-electron chi connectivity index (χ4n) is 4.58. The van der Waals surface area contributed by atoms with Gasteiger partial charge in [-0.05, 0) is 19.8 Å². The van der Waals surface area contributed by atoms with Crippen molar-refractivity contribution in [3.63, 3.8) is 0 Å².